The molecular weight excluding hydrogens is 174 g/mol. The highest BCUT2D eigenvalue weighted by molar-refractivity contribution is 5.02. The van der Waals surface area contributed by atoms with Crippen molar-refractivity contribution in [2.45, 2.75) is 13.5 Å². The minimum Gasteiger partial charge on any atom is -0.487 e. The Morgan fingerprint density at radius 1 is 1.57 bits per heavy atom. The molecule has 2 heteroatoms. The van der Waals surface area contributed by atoms with Crippen LogP contribution in [-0.4, -0.2) is 0 Å². The topological polar surface area (TPSA) is 13.1 Å². The maximum Gasteiger partial charge on any atom is 0.218 e. The fourth-order valence-corrected chi connectivity index (χ4v) is 1.11. The fraction of sp³-hybridized carbons (Fsp3) is 0.250. The Morgan fingerprint density at radius 2 is 2.36 bits per heavy atom. The molecule has 0 saturated carbocycles. The molecule has 1 aromatic rings. The van der Waals surface area contributed by atoms with Gasteiger partial charge in [-0.05, 0) is 19.1 Å². The van der Waals surface area contributed by atoms with Crippen LogP contribution >= 0.6 is 0 Å². The summed E-state index contributed by atoms with van der Waals surface area (Å²) in [5.41, 5.74) is 1.14. The van der Waals surface area contributed by atoms with E-state index in [2.05, 4.69) is 6.58 Å². The molecule has 1 heterocycles. The second kappa shape index (κ2) is 5.22. The van der Waals surface area contributed by atoms with Gasteiger partial charge in [-0.2, -0.15) is 0 Å². The Hall–Kier alpha value is -1.57. The first-order valence-electron chi connectivity index (χ1n) is 4.59. The number of aryl methyl sites for hydroxylation is 1. The third-order valence-corrected chi connectivity index (χ3v) is 1.96. The largest absolute Gasteiger partial charge is 0.487 e. The van der Waals surface area contributed by atoms with Crippen molar-refractivity contribution < 1.29 is 9.30 Å². The lowest BCUT2D eigenvalue weighted by Gasteiger charge is -2.03. The molecule has 1 aromatic heterocycles. The summed E-state index contributed by atoms with van der Waals surface area (Å²) in [5.74, 6) is 0.879. The maximum atomic E-state index is 5.52. The van der Waals surface area contributed by atoms with E-state index in [0.29, 0.717) is 6.61 Å². The number of hydrogen-bond donors (Lipinski definition) is 0. The molecule has 74 valence electrons. The summed E-state index contributed by atoms with van der Waals surface area (Å²) in [6, 6.07) is 6.04. The minimum absolute atomic E-state index is 0.591. The Kier molecular flexibility index (Phi) is 3.92. The molecule has 0 N–H and O–H groups in total. The number of ether oxygens (including phenoxy) is 1. The van der Waals surface area contributed by atoms with Crippen molar-refractivity contribution >= 4 is 0 Å². The zero-order chi connectivity index (χ0) is 10.4. The molecule has 0 spiro atoms. The van der Waals surface area contributed by atoms with Crippen LogP contribution in [0.15, 0.2) is 48.9 Å². The lowest BCUT2D eigenvalue weighted by molar-refractivity contribution is -0.681. The number of rotatable bonds is 4. The second-order valence-electron chi connectivity index (χ2n) is 3.10. The van der Waals surface area contributed by atoms with E-state index in [4.69, 9.17) is 4.74 Å². The summed E-state index contributed by atoms with van der Waals surface area (Å²) in [6.07, 6.45) is 5.58. The standard InChI is InChI=1S/C12H16NO/c1-4-7-11(2)14-10-12-8-5-6-9-13(12)3/h4-9H,1,10H2,2-3H3/q+1. The SMILES string of the molecule is C=CC=C(C)OCc1cccc[n+]1C. The monoisotopic (exact) mass is 190 g/mol. The quantitative estimate of drug-likeness (QED) is 0.402. The number of hydrogen-bond acceptors (Lipinski definition) is 1. The Bertz CT molecular complexity index is 342. The molecular formula is C12H16NO+. The smallest absolute Gasteiger partial charge is 0.218 e. The molecule has 0 amide bonds. The Morgan fingerprint density at radius 3 is 3.00 bits per heavy atom. The van der Waals surface area contributed by atoms with Crippen molar-refractivity contribution in [2.24, 2.45) is 7.05 Å². The molecule has 0 aliphatic carbocycles. The van der Waals surface area contributed by atoms with Crippen molar-refractivity contribution in [3.05, 3.63) is 54.6 Å². The zero-order valence-electron chi connectivity index (χ0n) is 8.73. The van der Waals surface area contributed by atoms with Gasteiger partial charge in [0, 0.05) is 12.1 Å². The third-order valence-electron chi connectivity index (χ3n) is 1.96. The molecule has 0 unspecified atom stereocenters. The first-order chi connectivity index (χ1) is 6.74. The van der Waals surface area contributed by atoms with Crippen molar-refractivity contribution in [1.82, 2.24) is 0 Å². The second-order valence-corrected chi connectivity index (χ2v) is 3.10. The summed E-state index contributed by atoms with van der Waals surface area (Å²) in [5, 5.41) is 0. The summed E-state index contributed by atoms with van der Waals surface area (Å²) in [7, 11) is 2.01. The van der Waals surface area contributed by atoms with Crippen molar-refractivity contribution in [1.29, 1.82) is 0 Å². The molecule has 0 radical (unpaired) electrons. The maximum absolute atomic E-state index is 5.52. The molecule has 2 nitrogen and oxygen atoms in total. The molecule has 0 fully saturated rings. The molecule has 14 heavy (non-hydrogen) atoms. The van der Waals surface area contributed by atoms with E-state index >= 15 is 0 Å². The van der Waals surface area contributed by atoms with Crippen molar-refractivity contribution in [3.8, 4) is 0 Å². The molecule has 0 bridgehead atoms. The van der Waals surface area contributed by atoms with E-state index in [-0.39, 0.29) is 0 Å². The van der Waals surface area contributed by atoms with Crippen LogP contribution in [0.3, 0.4) is 0 Å². The number of pyridine rings is 1. The van der Waals surface area contributed by atoms with Gasteiger partial charge in [0.2, 0.25) is 5.69 Å². The van der Waals surface area contributed by atoms with Gasteiger partial charge in [-0.25, -0.2) is 4.57 Å². The van der Waals surface area contributed by atoms with Gasteiger partial charge < -0.3 is 4.74 Å². The minimum atomic E-state index is 0.591. The van der Waals surface area contributed by atoms with Gasteiger partial charge in [0.15, 0.2) is 12.8 Å². The highest BCUT2D eigenvalue weighted by Crippen LogP contribution is 2.01. The highest BCUT2D eigenvalue weighted by Gasteiger charge is 2.04. The average Bonchev–Trinajstić information content (AvgIpc) is 2.17. The lowest BCUT2D eigenvalue weighted by Crippen LogP contribution is -2.32. The van der Waals surface area contributed by atoms with Crippen LogP contribution in [0.2, 0.25) is 0 Å². The first-order valence-corrected chi connectivity index (χ1v) is 4.59. The summed E-state index contributed by atoms with van der Waals surface area (Å²) < 4.78 is 7.56. The van der Waals surface area contributed by atoms with Gasteiger partial charge in [0.05, 0.1) is 5.76 Å². The number of nitrogens with zero attached hydrogens (tertiary/aromatic N) is 1. The van der Waals surface area contributed by atoms with Crippen LogP contribution < -0.4 is 4.57 Å². The van der Waals surface area contributed by atoms with Gasteiger partial charge in [-0.3, -0.25) is 0 Å². The van der Waals surface area contributed by atoms with E-state index in [0.717, 1.165) is 11.5 Å². The van der Waals surface area contributed by atoms with Crippen molar-refractivity contribution in [3.63, 3.8) is 0 Å². The number of allylic oxidation sites excluding steroid dienone is 3. The molecule has 0 saturated heterocycles. The van der Waals surface area contributed by atoms with Crippen LogP contribution in [-0.2, 0) is 18.4 Å². The molecule has 0 aliphatic heterocycles. The van der Waals surface area contributed by atoms with Crippen LogP contribution in [0.25, 0.3) is 0 Å². The third kappa shape index (κ3) is 3.05. The fourth-order valence-electron chi connectivity index (χ4n) is 1.11. The van der Waals surface area contributed by atoms with E-state index in [1.54, 1.807) is 6.08 Å². The van der Waals surface area contributed by atoms with Crippen LogP contribution in [0.5, 0.6) is 0 Å². The normalized spacial score (nSPS) is 11.1. The van der Waals surface area contributed by atoms with Gasteiger partial charge in [0.1, 0.15) is 7.05 Å². The van der Waals surface area contributed by atoms with Gasteiger partial charge in [-0.15, -0.1) is 0 Å². The number of aromatic nitrogens is 1. The van der Waals surface area contributed by atoms with Crippen LogP contribution in [0.4, 0.5) is 0 Å². The van der Waals surface area contributed by atoms with Gasteiger partial charge >= 0.3 is 0 Å². The van der Waals surface area contributed by atoms with E-state index in [9.17, 15) is 0 Å². The van der Waals surface area contributed by atoms with Crippen LogP contribution in [0, 0.1) is 0 Å². The molecule has 0 atom stereocenters. The summed E-state index contributed by atoms with van der Waals surface area (Å²) in [6.45, 7) is 6.12. The highest BCUT2D eigenvalue weighted by atomic mass is 16.5. The Labute approximate surface area is 85.1 Å². The van der Waals surface area contributed by atoms with Crippen molar-refractivity contribution in [2.75, 3.05) is 0 Å². The predicted molar refractivity (Wildman–Crippen MR) is 56.4 cm³/mol. The summed E-state index contributed by atoms with van der Waals surface area (Å²) in [4.78, 5) is 0. The van der Waals surface area contributed by atoms with E-state index in [1.165, 1.54) is 0 Å². The van der Waals surface area contributed by atoms with Crippen LogP contribution in [0.1, 0.15) is 12.6 Å². The van der Waals surface area contributed by atoms with Gasteiger partial charge in [-0.1, -0.05) is 12.7 Å². The summed E-state index contributed by atoms with van der Waals surface area (Å²) >= 11 is 0. The van der Waals surface area contributed by atoms with E-state index in [1.807, 2.05) is 49.0 Å². The molecule has 0 aliphatic rings. The molecule has 1 rings (SSSR count). The molecule has 0 aromatic carbocycles. The predicted octanol–water partition coefficient (Wildman–Crippen LogP) is 2.12. The Balaban J connectivity index is 2.58. The lowest BCUT2D eigenvalue weighted by atomic mass is 10.3. The van der Waals surface area contributed by atoms with E-state index < -0.39 is 0 Å². The zero-order valence-corrected chi connectivity index (χ0v) is 8.73. The first kappa shape index (κ1) is 10.5. The average molecular weight is 190 g/mol. The van der Waals surface area contributed by atoms with Gasteiger partial charge in [0.25, 0.3) is 0 Å².